The van der Waals surface area contributed by atoms with Crippen LogP contribution in [0.4, 0.5) is 5.69 Å². The van der Waals surface area contributed by atoms with Crippen molar-refractivity contribution in [1.29, 1.82) is 0 Å². The van der Waals surface area contributed by atoms with Gasteiger partial charge in [0.15, 0.2) is 5.76 Å². The van der Waals surface area contributed by atoms with Crippen LogP contribution in [0, 0.1) is 0 Å². The molecule has 1 amide bonds. The number of allylic oxidation sites excluding steroid dienone is 1. The third kappa shape index (κ3) is 5.32. The summed E-state index contributed by atoms with van der Waals surface area (Å²) in [7, 11) is 0. The first-order chi connectivity index (χ1) is 15.1. The van der Waals surface area contributed by atoms with E-state index in [1.54, 1.807) is 35.6 Å². The normalized spacial score (nSPS) is 18.2. The van der Waals surface area contributed by atoms with Crippen molar-refractivity contribution in [1.82, 2.24) is 0 Å². The third-order valence-corrected chi connectivity index (χ3v) is 5.75. The number of phenolic OH excluding ortho intramolecular Hbond substituents is 1. The maximum absolute atomic E-state index is 12.8. The smallest absolute Gasteiger partial charge is 0.290 e. The number of ether oxygens (including phenoxy) is 2. The lowest BCUT2D eigenvalue weighted by molar-refractivity contribution is -0.147. The molecule has 2 heterocycles. The number of aliphatic hydroxyl groups is 1. The Bertz CT molecular complexity index is 1050. The van der Waals surface area contributed by atoms with Gasteiger partial charge in [-0.1, -0.05) is 36.4 Å². The molecule has 160 valence electrons. The van der Waals surface area contributed by atoms with Gasteiger partial charge in [-0.25, -0.2) is 0 Å². The highest BCUT2D eigenvalue weighted by molar-refractivity contribution is 7.08. The third-order valence-electron chi connectivity index (χ3n) is 5.05. The van der Waals surface area contributed by atoms with Crippen LogP contribution in [0.2, 0.25) is 0 Å². The number of carbonyl (C=O) groups excluding carboxylic acids is 1. The predicted octanol–water partition coefficient (Wildman–Crippen LogP) is 4.52. The van der Waals surface area contributed by atoms with Crippen LogP contribution in [-0.4, -0.2) is 22.4 Å². The second kappa shape index (κ2) is 9.78. The largest absolute Gasteiger partial charge is 0.506 e. The van der Waals surface area contributed by atoms with Gasteiger partial charge in [0.25, 0.3) is 5.91 Å². The van der Waals surface area contributed by atoms with E-state index < -0.39 is 12.2 Å². The summed E-state index contributed by atoms with van der Waals surface area (Å²) in [5.41, 5.74) is 3.20. The Balaban J connectivity index is 1.48. The highest BCUT2D eigenvalue weighted by atomic mass is 32.1. The second-order valence-corrected chi connectivity index (χ2v) is 8.01. The minimum absolute atomic E-state index is 0.00453. The Morgan fingerprint density at radius 3 is 2.61 bits per heavy atom. The molecule has 0 bridgehead atoms. The lowest BCUT2D eigenvalue weighted by atomic mass is 9.95. The molecular formula is C24H23NO5S. The van der Waals surface area contributed by atoms with Crippen molar-refractivity contribution in [2.75, 3.05) is 5.32 Å². The number of aromatic hydroxyl groups is 1. The lowest BCUT2D eigenvalue weighted by Gasteiger charge is -2.29. The average molecular weight is 438 g/mol. The van der Waals surface area contributed by atoms with Gasteiger partial charge in [-0.05, 0) is 51.7 Å². The van der Waals surface area contributed by atoms with Gasteiger partial charge >= 0.3 is 0 Å². The molecule has 1 aromatic heterocycles. The number of hydrogen-bond acceptors (Lipinski definition) is 6. The number of rotatable bonds is 7. The molecule has 1 aliphatic heterocycles. The number of benzene rings is 2. The van der Waals surface area contributed by atoms with Crippen LogP contribution in [0.25, 0.3) is 0 Å². The maximum atomic E-state index is 12.8. The van der Waals surface area contributed by atoms with Gasteiger partial charge in [-0.2, -0.15) is 11.3 Å². The molecule has 0 radical (unpaired) electrons. The number of para-hydroxylation sites is 2. The number of carbonyl (C=O) groups is 1. The fourth-order valence-electron chi connectivity index (χ4n) is 3.33. The molecule has 2 atom stereocenters. The van der Waals surface area contributed by atoms with Crippen LogP contribution in [0.5, 0.6) is 5.75 Å². The summed E-state index contributed by atoms with van der Waals surface area (Å²) in [6.45, 7) is 0.316. The molecular weight excluding hydrogens is 414 g/mol. The monoisotopic (exact) mass is 437 g/mol. The number of nitrogens with one attached hydrogen (secondary N) is 1. The van der Waals surface area contributed by atoms with E-state index in [0.29, 0.717) is 18.7 Å². The van der Waals surface area contributed by atoms with Crippen LogP contribution in [0.1, 0.15) is 29.0 Å². The fourth-order valence-corrected chi connectivity index (χ4v) is 4.05. The van der Waals surface area contributed by atoms with E-state index in [0.717, 1.165) is 16.7 Å². The molecule has 0 spiro atoms. The minimum Gasteiger partial charge on any atom is -0.506 e. The number of amides is 1. The van der Waals surface area contributed by atoms with Gasteiger partial charge in [0, 0.05) is 12.3 Å². The molecule has 7 heteroatoms. The Labute approximate surface area is 184 Å². The van der Waals surface area contributed by atoms with Crippen LogP contribution in [0.3, 0.4) is 0 Å². The van der Waals surface area contributed by atoms with Gasteiger partial charge in [0.05, 0.1) is 18.9 Å². The number of thiophene rings is 1. The first kappa shape index (κ1) is 21.1. The Morgan fingerprint density at radius 1 is 1.13 bits per heavy atom. The fraction of sp³-hybridized carbons (Fsp3) is 0.208. The molecule has 0 aliphatic carbocycles. The molecule has 0 fully saturated rings. The Kier molecular flexibility index (Phi) is 6.66. The summed E-state index contributed by atoms with van der Waals surface area (Å²) in [5, 5.41) is 25.9. The van der Waals surface area contributed by atoms with Crippen molar-refractivity contribution in [3.8, 4) is 5.75 Å². The summed E-state index contributed by atoms with van der Waals surface area (Å²) in [5.74, 6) is -0.318. The zero-order valence-corrected chi connectivity index (χ0v) is 17.5. The van der Waals surface area contributed by atoms with Crippen molar-refractivity contribution in [2.24, 2.45) is 0 Å². The molecule has 4 rings (SSSR count). The van der Waals surface area contributed by atoms with E-state index in [4.69, 9.17) is 9.47 Å². The number of aliphatic hydroxyl groups excluding tert-OH is 1. The molecule has 3 aromatic rings. The molecule has 2 aromatic carbocycles. The summed E-state index contributed by atoms with van der Waals surface area (Å²) >= 11 is 1.60. The summed E-state index contributed by atoms with van der Waals surface area (Å²) in [4.78, 5) is 12.8. The van der Waals surface area contributed by atoms with Gasteiger partial charge in [0.1, 0.15) is 5.75 Å². The zero-order chi connectivity index (χ0) is 21.6. The number of hydrogen-bond donors (Lipinski definition) is 3. The van der Waals surface area contributed by atoms with Crippen molar-refractivity contribution in [3.63, 3.8) is 0 Å². The second-order valence-electron chi connectivity index (χ2n) is 7.23. The molecule has 0 saturated heterocycles. The molecule has 6 nitrogen and oxygen atoms in total. The Morgan fingerprint density at radius 2 is 1.90 bits per heavy atom. The van der Waals surface area contributed by atoms with E-state index in [1.165, 1.54) is 6.07 Å². The van der Waals surface area contributed by atoms with Gasteiger partial charge in [-0.3, -0.25) is 4.79 Å². The van der Waals surface area contributed by atoms with Gasteiger partial charge in [-0.15, -0.1) is 0 Å². The van der Waals surface area contributed by atoms with E-state index in [1.807, 2.05) is 35.7 Å². The van der Waals surface area contributed by atoms with Crippen LogP contribution >= 0.6 is 11.3 Å². The van der Waals surface area contributed by atoms with Crippen molar-refractivity contribution in [2.45, 2.75) is 31.8 Å². The predicted molar refractivity (Wildman–Crippen MR) is 119 cm³/mol. The van der Waals surface area contributed by atoms with E-state index in [-0.39, 0.29) is 24.0 Å². The van der Waals surface area contributed by atoms with Crippen LogP contribution < -0.4 is 5.32 Å². The molecule has 3 N–H and O–H groups in total. The topological polar surface area (TPSA) is 88.0 Å². The first-order valence-corrected chi connectivity index (χ1v) is 10.9. The van der Waals surface area contributed by atoms with Crippen molar-refractivity contribution < 1.29 is 24.5 Å². The number of anilines is 1. The first-order valence-electron chi connectivity index (χ1n) is 9.92. The van der Waals surface area contributed by atoms with Crippen molar-refractivity contribution in [3.05, 3.63) is 93.9 Å². The highest BCUT2D eigenvalue weighted by Gasteiger charge is 2.29. The van der Waals surface area contributed by atoms with E-state index in [9.17, 15) is 15.0 Å². The van der Waals surface area contributed by atoms with Crippen LogP contribution in [-0.2, 0) is 27.5 Å². The molecule has 0 unspecified atom stereocenters. The van der Waals surface area contributed by atoms with E-state index >= 15 is 0 Å². The van der Waals surface area contributed by atoms with E-state index in [2.05, 4.69) is 10.7 Å². The standard InChI is InChI=1S/C24H23NO5S/c26-13-16-5-7-17(8-6-16)14-29-23-12-19(18-9-10-31-15-18)11-22(30-23)24(28)25-20-3-1-2-4-21(20)27/h1-11,15,19,23,26-27H,12-14H2,(H,25,28)/t19-,23+/m0/s1. The molecule has 31 heavy (non-hydrogen) atoms. The quantitative estimate of drug-likeness (QED) is 0.473. The SMILES string of the molecule is O=C(Nc1ccccc1O)C1=C[C@H](c2ccsc2)C[C@H](OCc2ccc(CO)cc2)O1. The lowest BCUT2D eigenvalue weighted by Crippen LogP contribution is -2.29. The average Bonchev–Trinajstić information content (AvgIpc) is 3.34. The molecule has 0 saturated carbocycles. The van der Waals surface area contributed by atoms with Gasteiger partial charge in [0.2, 0.25) is 6.29 Å². The molecule has 1 aliphatic rings. The Hall–Kier alpha value is -3.13. The maximum Gasteiger partial charge on any atom is 0.290 e. The number of phenols is 1. The summed E-state index contributed by atoms with van der Waals surface area (Å²) < 4.78 is 11.8. The minimum atomic E-state index is -0.600. The van der Waals surface area contributed by atoms with Crippen molar-refractivity contribution >= 4 is 22.9 Å². The van der Waals surface area contributed by atoms with Gasteiger partial charge < -0.3 is 25.0 Å². The highest BCUT2D eigenvalue weighted by Crippen LogP contribution is 2.33. The zero-order valence-electron chi connectivity index (χ0n) is 16.7. The summed E-state index contributed by atoms with van der Waals surface area (Å²) in [6, 6.07) is 16.1. The summed E-state index contributed by atoms with van der Waals surface area (Å²) in [6.07, 6.45) is 1.78. The van der Waals surface area contributed by atoms with Crippen LogP contribution in [0.15, 0.2) is 77.2 Å².